The Morgan fingerprint density at radius 2 is 1.95 bits per heavy atom. The van der Waals surface area contributed by atoms with Crippen molar-refractivity contribution in [1.29, 1.82) is 0 Å². The normalized spacial score (nSPS) is 22.5. The van der Waals surface area contributed by atoms with E-state index in [2.05, 4.69) is 26.1 Å². The summed E-state index contributed by atoms with van der Waals surface area (Å²) in [5, 5.41) is 3.29. The molecule has 2 rings (SSSR count). The summed E-state index contributed by atoms with van der Waals surface area (Å²) in [5.41, 5.74) is 0.961. The second kappa shape index (κ2) is 7.79. The minimum absolute atomic E-state index is 0.182. The molecule has 1 fully saturated rings. The van der Waals surface area contributed by atoms with Crippen LogP contribution in [0.15, 0.2) is 18.2 Å². The van der Waals surface area contributed by atoms with Gasteiger partial charge in [0.25, 0.3) is 0 Å². The fraction of sp³-hybridized carbons (Fsp3) is 0.667. The summed E-state index contributed by atoms with van der Waals surface area (Å²) < 4.78 is 20.0. The molecule has 0 bridgehead atoms. The van der Waals surface area contributed by atoms with Crippen LogP contribution in [0.1, 0.15) is 58.4 Å². The standard InChI is InChI=1S/C18H28FNO/c1-4-14-5-8-16(9-6-14)21-18-10-7-15(11-17(18)19)12-20-13(2)3/h7,10-11,13-14,16,20H,4-6,8-9,12H2,1-3H3. The molecule has 0 radical (unpaired) electrons. The third kappa shape index (κ3) is 4.99. The zero-order valence-corrected chi connectivity index (χ0v) is 13.5. The number of benzene rings is 1. The molecular formula is C18H28FNO. The lowest BCUT2D eigenvalue weighted by Crippen LogP contribution is -2.24. The second-order valence-electron chi connectivity index (χ2n) is 6.47. The Bertz CT molecular complexity index is 439. The highest BCUT2D eigenvalue weighted by atomic mass is 19.1. The molecule has 3 heteroatoms. The summed E-state index contributed by atoms with van der Waals surface area (Å²) in [4.78, 5) is 0. The fourth-order valence-electron chi connectivity index (χ4n) is 2.91. The summed E-state index contributed by atoms with van der Waals surface area (Å²) in [6.07, 6.45) is 5.95. The van der Waals surface area contributed by atoms with Crippen molar-refractivity contribution in [1.82, 2.24) is 5.32 Å². The van der Waals surface area contributed by atoms with Crippen LogP contribution in [0.25, 0.3) is 0 Å². The molecule has 21 heavy (non-hydrogen) atoms. The van der Waals surface area contributed by atoms with E-state index >= 15 is 0 Å². The van der Waals surface area contributed by atoms with Gasteiger partial charge in [-0.05, 0) is 49.3 Å². The summed E-state index contributed by atoms with van der Waals surface area (Å²) in [7, 11) is 0. The van der Waals surface area contributed by atoms with Gasteiger partial charge in [-0.1, -0.05) is 33.3 Å². The van der Waals surface area contributed by atoms with Crippen LogP contribution in [0.4, 0.5) is 4.39 Å². The summed E-state index contributed by atoms with van der Waals surface area (Å²) >= 11 is 0. The van der Waals surface area contributed by atoms with Gasteiger partial charge in [-0.3, -0.25) is 0 Å². The van der Waals surface area contributed by atoms with E-state index in [1.165, 1.54) is 19.3 Å². The van der Waals surface area contributed by atoms with Gasteiger partial charge < -0.3 is 10.1 Å². The Hall–Kier alpha value is -1.09. The van der Waals surface area contributed by atoms with Crippen molar-refractivity contribution in [2.75, 3.05) is 0 Å². The lowest BCUT2D eigenvalue weighted by Gasteiger charge is -2.28. The predicted molar refractivity (Wildman–Crippen MR) is 85.0 cm³/mol. The first-order valence-electron chi connectivity index (χ1n) is 8.27. The first kappa shape index (κ1) is 16.3. The largest absolute Gasteiger partial charge is 0.487 e. The van der Waals surface area contributed by atoms with E-state index < -0.39 is 0 Å². The van der Waals surface area contributed by atoms with E-state index in [1.54, 1.807) is 12.1 Å². The molecule has 0 spiro atoms. The van der Waals surface area contributed by atoms with Crippen LogP contribution in [-0.2, 0) is 6.54 Å². The Kier molecular flexibility index (Phi) is 6.04. The maximum atomic E-state index is 14.1. The van der Waals surface area contributed by atoms with Crippen molar-refractivity contribution in [2.24, 2.45) is 5.92 Å². The van der Waals surface area contributed by atoms with E-state index in [4.69, 9.17) is 4.74 Å². The van der Waals surface area contributed by atoms with Crippen LogP contribution in [0.5, 0.6) is 5.75 Å². The molecule has 1 aromatic rings. The molecule has 118 valence electrons. The lowest BCUT2D eigenvalue weighted by molar-refractivity contribution is 0.125. The fourth-order valence-corrected chi connectivity index (χ4v) is 2.91. The van der Waals surface area contributed by atoms with Gasteiger partial charge in [0.05, 0.1) is 6.10 Å². The Morgan fingerprint density at radius 1 is 1.24 bits per heavy atom. The Balaban J connectivity index is 1.89. The first-order valence-corrected chi connectivity index (χ1v) is 8.27. The highest BCUT2D eigenvalue weighted by Crippen LogP contribution is 2.30. The quantitative estimate of drug-likeness (QED) is 0.823. The molecular weight excluding hydrogens is 265 g/mol. The zero-order chi connectivity index (χ0) is 15.2. The van der Waals surface area contributed by atoms with E-state index in [0.717, 1.165) is 24.3 Å². The summed E-state index contributed by atoms with van der Waals surface area (Å²) in [5.74, 6) is 0.998. The Morgan fingerprint density at radius 3 is 2.52 bits per heavy atom. The van der Waals surface area contributed by atoms with Gasteiger partial charge in [-0.15, -0.1) is 0 Å². The van der Waals surface area contributed by atoms with Gasteiger partial charge in [0.2, 0.25) is 0 Å². The topological polar surface area (TPSA) is 21.3 Å². The average molecular weight is 293 g/mol. The van der Waals surface area contributed by atoms with Gasteiger partial charge >= 0.3 is 0 Å². The first-order chi connectivity index (χ1) is 10.1. The molecule has 1 aromatic carbocycles. The molecule has 0 unspecified atom stereocenters. The van der Waals surface area contributed by atoms with Gasteiger partial charge in [0.15, 0.2) is 11.6 Å². The average Bonchev–Trinajstić information content (AvgIpc) is 2.48. The molecule has 1 aliphatic carbocycles. The minimum atomic E-state index is -0.240. The summed E-state index contributed by atoms with van der Waals surface area (Å²) in [6, 6.07) is 5.71. The van der Waals surface area contributed by atoms with Crippen molar-refractivity contribution < 1.29 is 9.13 Å². The molecule has 0 heterocycles. The van der Waals surface area contributed by atoms with Gasteiger partial charge in [-0.25, -0.2) is 4.39 Å². The third-order valence-corrected chi connectivity index (χ3v) is 4.38. The molecule has 0 aromatic heterocycles. The van der Waals surface area contributed by atoms with Crippen molar-refractivity contribution >= 4 is 0 Å². The van der Waals surface area contributed by atoms with Crippen molar-refractivity contribution in [3.05, 3.63) is 29.6 Å². The number of halogens is 1. The van der Waals surface area contributed by atoms with E-state index in [-0.39, 0.29) is 11.9 Å². The van der Waals surface area contributed by atoms with E-state index in [9.17, 15) is 4.39 Å². The molecule has 0 amide bonds. The number of rotatable bonds is 6. The number of hydrogen-bond donors (Lipinski definition) is 1. The van der Waals surface area contributed by atoms with Crippen molar-refractivity contribution in [2.45, 2.75) is 71.6 Å². The van der Waals surface area contributed by atoms with Crippen molar-refractivity contribution in [3.63, 3.8) is 0 Å². The highest BCUT2D eigenvalue weighted by molar-refractivity contribution is 5.29. The lowest BCUT2D eigenvalue weighted by atomic mass is 9.86. The van der Waals surface area contributed by atoms with E-state index in [1.807, 2.05) is 6.07 Å². The molecule has 0 atom stereocenters. The number of hydrogen-bond acceptors (Lipinski definition) is 2. The molecule has 1 saturated carbocycles. The maximum absolute atomic E-state index is 14.1. The van der Waals surface area contributed by atoms with E-state index in [0.29, 0.717) is 18.3 Å². The predicted octanol–water partition coefficient (Wildman–Crippen LogP) is 4.67. The molecule has 2 nitrogen and oxygen atoms in total. The number of ether oxygens (including phenoxy) is 1. The van der Waals surface area contributed by atoms with Crippen LogP contribution in [0.3, 0.4) is 0 Å². The smallest absolute Gasteiger partial charge is 0.165 e. The van der Waals surface area contributed by atoms with Crippen LogP contribution in [-0.4, -0.2) is 12.1 Å². The van der Waals surface area contributed by atoms with Crippen LogP contribution in [0.2, 0.25) is 0 Å². The van der Waals surface area contributed by atoms with Gasteiger partial charge in [0, 0.05) is 12.6 Å². The molecule has 1 aliphatic rings. The second-order valence-corrected chi connectivity index (χ2v) is 6.47. The Labute approximate surface area is 128 Å². The SMILES string of the molecule is CCC1CCC(Oc2ccc(CNC(C)C)cc2F)CC1. The van der Waals surface area contributed by atoms with Crippen LogP contribution >= 0.6 is 0 Å². The highest BCUT2D eigenvalue weighted by Gasteiger charge is 2.22. The monoisotopic (exact) mass is 293 g/mol. The zero-order valence-electron chi connectivity index (χ0n) is 13.5. The number of nitrogens with one attached hydrogen (secondary N) is 1. The maximum Gasteiger partial charge on any atom is 0.165 e. The van der Waals surface area contributed by atoms with Crippen LogP contribution < -0.4 is 10.1 Å². The third-order valence-electron chi connectivity index (χ3n) is 4.38. The minimum Gasteiger partial charge on any atom is -0.487 e. The van der Waals surface area contributed by atoms with Gasteiger partial charge in [0.1, 0.15) is 0 Å². The molecule has 0 aliphatic heterocycles. The molecule has 1 N–H and O–H groups in total. The van der Waals surface area contributed by atoms with Crippen LogP contribution in [0, 0.1) is 11.7 Å². The van der Waals surface area contributed by atoms with Gasteiger partial charge in [-0.2, -0.15) is 0 Å². The molecule has 0 saturated heterocycles. The van der Waals surface area contributed by atoms with Crippen molar-refractivity contribution in [3.8, 4) is 5.75 Å². The summed E-state index contributed by atoms with van der Waals surface area (Å²) in [6.45, 7) is 7.10.